The monoisotopic (exact) mass is 494 g/mol. The number of nitrogens with one attached hydrogen (secondary N) is 1. The van der Waals surface area contributed by atoms with E-state index in [0.717, 1.165) is 26.2 Å². The topological polar surface area (TPSA) is 51.2 Å². The molecule has 4 nitrogen and oxygen atoms in total. The Bertz CT molecular complexity index is 1230. The van der Waals surface area contributed by atoms with Gasteiger partial charge in [0.05, 0.1) is 14.7 Å². The summed E-state index contributed by atoms with van der Waals surface area (Å²) in [5.41, 5.74) is 5.21. The van der Waals surface area contributed by atoms with Gasteiger partial charge in [-0.3, -0.25) is 4.79 Å². The lowest BCUT2D eigenvalue weighted by Crippen LogP contribution is -2.20. The van der Waals surface area contributed by atoms with Crippen molar-refractivity contribution in [3.05, 3.63) is 76.3 Å². The maximum absolute atomic E-state index is 12.3. The third-order valence-electron chi connectivity index (χ3n) is 4.94. The van der Waals surface area contributed by atoms with E-state index in [-0.39, 0.29) is 12.5 Å². The average molecular weight is 495 g/mol. The standard InChI is InChI=1S/C25H23BrN2O2S/c1-15(2)18-7-11-22(20(26)13-18)30-14-24(29)27-19-8-5-17(6-9-19)25-28-21-10-4-16(3)12-23(21)31-25/h4-13,15H,14H2,1-3H3,(H,27,29). The summed E-state index contributed by atoms with van der Waals surface area (Å²) in [7, 11) is 0. The second-order valence-corrected chi connectivity index (χ2v) is 9.63. The molecule has 0 aliphatic heterocycles. The van der Waals surface area contributed by atoms with Crippen molar-refractivity contribution in [1.29, 1.82) is 0 Å². The Labute approximate surface area is 194 Å². The van der Waals surface area contributed by atoms with E-state index < -0.39 is 0 Å². The third kappa shape index (κ3) is 5.14. The molecule has 1 amide bonds. The van der Waals surface area contributed by atoms with E-state index in [9.17, 15) is 4.79 Å². The number of rotatable bonds is 6. The Balaban J connectivity index is 1.37. The van der Waals surface area contributed by atoms with Gasteiger partial charge in [-0.2, -0.15) is 0 Å². The Morgan fingerprint density at radius 1 is 1.10 bits per heavy atom. The Morgan fingerprint density at radius 2 is 1.87 bits per heavy atom. The highest BCUT2D eigenvalue weighted by molar-refractivity contribution is 9.10. The molecule has 0 fully saturated rings. The van der Waals surface area contributed by atoms with Gasteiger partial charge in [0.1, 0.15) is 10.8 Å². The molecule has 0 spiro atoms. The first-order valence-electron chi connectivity index (χ1n) is 10.1. The number of benzene rings is 3. The van der Waals surface area contributed by atoms with Gasteiger partial charge in [0, 0.05) is 11.3 Å². The van der Waals surface area contributed by atoms with Crippen molar-refractivity contribution >= 4 is 49.1 Å². The van der Waals surface area contributed by atoms with Crippen LogP contribution in [0.3, 0.4) is 0 Å². The van der Waals surface area contributed by atoms with Crippen molar-refractivity contribution in [3.8, 4) is 16.3 Å². The van der Waals surface area contributed by atoms with Crippen molar-refractivity contribution in [2.45, 2.75) is 26.7 Å². The summed E-state index contributed by atoms with van der Waals surface area (Å²) in [6.07, 6.45) is 0. The van der Waals surface area contributed by atoms with Gasteiger partial charge in [0.25, 0.3) is 5.91 Å². The number of fused-ring (bicyclic) bond motifs is 1. The van der Waals surface area contributed by atoms with Gasteiger partial charge < -0.3 is 10.1 Å². The number of hydrogen-bond donors (Lipinski definition) is 1. The maximum Gasteiger partial charge on any atom is 0.262 e. The predicted octanol–water partition coefficient (Wildman–Crippen LogP) is 7.18. The first kappa shape index (κ1) is 21.5. The molecule has 0 aliphatic rings. The number of halogens is 1. The summed E-state index contributed by atoms with van der Waals surface area (Å²) in [5.74, 6) is 0.882. The lowest BCUT2D eigenvalue weighted by molar-refractivity contribution is -0.118. The van der Waals surface area contributed by atoms with Crippen LogP contribution in [0.2, 0.25) is 0 Å². The maximum atomic E-state index is 12.3. The van der Waals surface area contributed by atoms with Crippen molar-refractivity contribution in [1.82, 2.24) is 4.98 Å². The van der Waals surface area contributed by atoms with Crippen LogP contribution in [0.25, 0.3) is 20.8 Å². The van der Waals surface area contributed by atoms with E-state index in [1.165, 1.54) is 15.8 Å². The minimum absolute atomic E-state index is 0.0569. The normalized spacial score (nSPS) is 11.1. The molecule has 0 unspecified atom stereocenters. The SMILES string of the molecule is Cc1ccc2nc(-c3ccc(NC(=O)COc4ccc(C(C)C)cc4Br)cc3)sc2c1. The van der Waals surface area contributed by atoms with Gasteiger partial charge in [-0.25, -0.2) is 4.98 Å². The summed E-state index contributed by atoms with van der Waals surface area (Å²) in [6.45, 7) is 6.30. The molecule has 4 rings (SSSR count). The van der Waals surface area contributed by atoms with E-state index in [1.54, 1.807) is 11.3 Å². The highest BCUT2D eigenvalue weighted by atomic mass is 79.9. The third-order valence-corrected chi connectivity index (χ3v) is 6.63. The highest BCUT2D eigenvalue weighted by Crippen LogP contribution is 2.31. The predicted molar refractivity (Wildman–Crippen MR) is 132 cm³/mol. The average Bonchev–Trinajstić information content (AvgIpc) is 3.16. The summed E-state index contributed by atoms with van der Waals surface area (Å²) in [5, 5.41) is 3.85. The van der Waals surface area contributed by atoms with E-state index in [4.69, 9.17) is 9.72 Å². The largest absolute Gasteiger partial charge is 0.483 e. The number of carbonyl (C=O) groups excluding carboxylic acids is 1. The molecule has 6 heteroatoms. The molecule has 1 aromatic heterocycles. The number of ether oxygens (including phenoxy) is 1. The summed E-state index contributed by atoms with van der Waals surface area (Å²) >= 11 is 5.19. The fourth-order valence-electron chi connectivity index (χ4n) is 3.19. The first-order valence-corrected chi connectivity index (χ1v) is 11.7. The van der Waals surface area contributed by atoms with Crippen LogP contribution in [0.5, 0.6) is 5.75 Å². The number of aromatic nitrogens is 1. The number of aryl methyl sites for hydroxylation is 1. The summed E-state index contributed by atoms with van der Waals surface area (Å²) in [4.78, 5) is 17.0. The smallest absolute Gasteiger partial charge is 0.262 e. The number of nitrogens with zero attached hydrogens (tertiary/aromatic N) is 1. The number of carbonyl (C=O) groups is 1. The Hall–Kier alpha value is -2.70. The van der Waals surface area contributed by atoms with E-state index in [0.29, 0.717) is 11.7 Å². The number of amides is 1. The van der Waals surface area contributed by atoms with Crippen LogP contribution in [0.1, 0.15) is 30.9 Å². The van der Waals surface area contributed by atoms with Crippen LogP contribution in [0.15, 0.2) is 65.1 Å². The molecular weight excluding hydrogens is 472 g/mol. The minimum Gasteiger partial charge on any atom is -0.483 e. The lowest BCUT2D eigenvalue weighted by atomic mass is 10.0. The quantitative estimate of drug-likeness (QED) is 0.308. The number of thiazole rings is 1. The van der Waals surface area contributed by atoms with Gasteiger partial charge in [0.15, 0.2) is 6.61 Å². The second-order valence-electron chi connectivity index (χ2n) is 7.75. The molecule has 1 N–H and O–H groups in total. The molecule has 0 bridgehead atoms. The fraction of sp³-hybridized carbons (Fsp3) is 0.200. The summed E-state index contributed by atoms with van der Waals surface area (Å²) in [6, 6.07) is 19.9. The first-order chi connectivity index (χ1) is 14.9. The molecule has 0 radical (unpaired) electrons. The zero-order valence-corrected chi connectivity index (χ0v) is 20.0. The molecular formula is C25H23BrN2O2S. The van der Waals surface area contributed by atoms with Gasteiger partial charge in [-0.1, -0.05) is 26.0 Å². The van der Waals surface area contributed by atoms with Crippen molar-refractivity contribution in [3.63, 3.8) is 0 Å². The zero-order chi connectivity index (χ0) is 22.0. The fourth-order valence-corrected chi connectivity index (χ4v) is 4.77. The zero-order valence-electron chi connectivity index (χ0n) is 17.6. The molecule has 31 heavy (non-hydrogen) atoms. The van der Waals surface area contributed by atoms with Crippen LogP contribution in [0, 0.1) is 6.92 Å². The van der Waals surface area contributed by atoms with Gasteiger partial charge >= 0.3 is 0 Å². The van der Waals surface area contributed by atoms with Gasteiger partial charge in [-0.05, 0) is 88.4 Å². The van der Waals surface area contributed by atoms with E-state index in [1.807, 2.05) is 48.5 Å². The summed E-state index contributed by atoms with van der Waals surface area (Å²) < 4.78 is 7.70. The van der Waals surface area contributed by atoms with E-state index >= 15 is 0 Å². The van der Waals surface area contributed by atoms with Crippen LogP contribution in [0.4, 0.5) is 5.69 Å². The van der Waals surface area contributed by atoms with E-state index in [2.05, 4.69) is 54.2 Å². The highest BCUT2D eigenvalue weighted by Gasteiger charge is 2.10. The van der Waals surface area contributed by atoms with Crippen LogP contribution < -0.4 is 10.1 Å². The molecule has 4 aromatic rings. The molecule has 1 heterocycles. The molecule has 158 valence electrons. The van der Waals surface area contributed by atoms with Crippen molar-refractivity contribution in [2.24, 2.45) is 0 Å². The lowest BCUT2D eigenvalue weighted by Gasteiger charge is -2.11. The van der Waals surface area contributed by atoms with Crippen molar-refractivity contribution < 1.29 is 9.53 Å². The minimum atomic E-state index is -0.206. The Morgan fingerprint density at radius 3 is 2.58 bits per heavy atom. The number of anilines is 1. The second kappa shape index (κ2) is 9.20. The van der Waals surface area contributed by atoms with Crippen LogP contribution >= 0.6 is 27.3 Å². The van der Waals surface area contributed by atoms with Crippen molar-refractivity contribution in [2.75, 3.05) is 11.9 Å². The molecule has 0 saturated heterocycles. The van der Waals surface area contributed by atoms with Gasteiger partial charge in [-0.15, -0.1) is 11.3 Å². The van der Waals surface area contributed by atoms with Crippen LogP contribution in [-0.2, 0) is 4.79 Å². The number of hydrogen-bond acceptors (Lipinski definition) is 4. The molecule has 3 aromatic carbocycles. The molecule has 0 aliphatic carbocycles. The molecule has 0 atom stereocenters. The molecule has 0 saturated carbocycles. The van der Waals surface area contributed by atoms with Crippen LogP contribution in [-0.4, -0.2) is 17.5 Å². The Kier molecular flexibility index (Phi) is 6.39. The van der Waals surface area contributed by atoms with Gasteiger partial charge in [0.2, 0.25) is 0 Å².